The van der Waals surface area contributed by atoms with Crippen LogP contribution in [0.5, 0.6) is 11.6 Å². The molecule has 0 bridgehead atoms. The molecule has 5 rings (SSSR count). The second-order valence-electron chi connectivity index (χ2n) is 8.00. The molecule has 1 aliphatic heterocycles. The maximum absolute atomic E-state index is 10.7. The quantitative estimate of drug-likeness (QED) is 0.682. The monoisotopic (exact) mass is 387 g/mol. The van der Waals surface area contributed by atoms with Crippen LogP contribution in [0.25, 0.3) is 11.1 Å². The third kappa shape index (κ3) is 3.54. The van der Waals surface area contributed by atoms with E-state index in [4.69, 9.17) is 4.74 Å². The van der Waals surface area contributed by atoms with Crippen molar-refractivity contribution in [2.75, 3.05) is 23.4 Å². The zero-order valence-corrected chi connectivity index (χ0v) is 16.7. The van der Waals surface area contributed by atoms with Gasteiger partial charge in [0.05, 0.1) is 11.4 Å². The lowest BCUT2D eigenvalue weighted by molar-refractivity contribution is 0.176. The summed E-state index contributed by atoms with van der Waals surface area (Å²) in [6.07, 6.45) is 1.94. The summed E-state index contributed by atoms with van der Waals surface area (Å²) < 4.78 is 5.95. The molecule has 0 spiro atoms. The fraction of sp³-hybridized carbons (Fsp3) is 0.292. The average molecular weight is 387 g/mol. The van der Waals surface area contributed by atoms with Crippen LogP contribution in [0, 0.1) is 12.8 Å². The number of nitrogens with zero attached hydrogens (tertiary/aromatic N) is 3. The Morgan fingerprint density at radius 2 is 1.79 bits per heavy atom. The molecule has 1 aromatic heterocycles. The number of benzene rings is 2. The van der Waals surface area contributed by atoms with E-state index in [9.17, 15) is 5.11 Å². The number of anilines is 2. The fourth-order valence-corrected chi connectivity index (χ4v) is 3.89. The van der Waals surface area contributed by atoms with Gasteiger partial charge in [-0.3, -0.25) is 0 Å². The summed E-state index contributed by atoms with van der Waals surface area (Å²) in [5.41, 5.74) is 5.25. The second-order valence-corrected chi connectivity index (χ2v) is 8.00. The highest BCUT2D eigenvalue weighted by Crippen LogP contribution is 2.43. The number of fused-ring (bicyclic) bond motifs is 1. The minimum absolute atomic E-state index is 0.592. The van der Waals surface area contributed by atoms with Crippen LogP contribution in [-0.4, -0.2) is 30.0 Å². The van der Waals surface area contributed by atoms with E-state index in [1.807, 2.05) is 55.3 Å². The van der Waals surface area contributed by atoms with Crippen LogP contribution in [-0.2, 0) is 0 Å². The highest BCUT2D eigenvalue weighted by atomic mass is 16.5. The summed E-state index contributed by atoms with van der Waals surface area (Å²) in [7, 11) is 1.95. The standard InChI is InChI=1S/C24H25N3O2/c1-16-5-3-8-23(25-16)29-20-7-4-6-18(13-20)19-11-12-21-22(14-19)26(2)24(28)27(21)15-17-9-10-17/h3-8,11-14,17,24,28H,9-10,15H2,1-2H3. The van der Waals surface area contributed by atoms with Crippen molar-refractivity contribution in [3.05, 3.63) is 66.4 Å². The van der Waals surface area contributed by atoms with E-state index in [0.29, 0.717) is 11.8 Å². The van der Waals surface area contributed by atoms with Crippen LogP contribution >= 0.6 is 0 Å². The third-order valence-corrected chi connectivity index (χ3v) is 5.69. The highest BCUT2D eigenvalue weighted by Gasteiger charge is 2.36. The Bertz CT molecular complexity index is 1050. The largest absolute Gasteiger partial charge is 0.439 e. The molecule has 0 saturated heterocycles. The van der Waals surface area contributed by atoms with Crippen molar-refractivity contribution in [2.24, 2.45) is 5.92 Å². The zero-order valence-electron chi connectivity index (χ0n) is 16.7. The van der Waals surface area contributed by atoms with E-state index in [-0.39, 0.29) is 0 Å². The number of ether oxygens (including phenoxy) is 1. The Balaban J connectivity index is 1.43. The first-order valence-corrected chi connectivity index (χ1v) is 10.1. The minimum atomic E-state index is -0.595. The number of rotatable bonds is 5. The predicted octanol–water partition coefficient (Wildman–Crippen LogP) is 4.79. The minimum Gasteiger partial charge on any atom is -0.439 e. The van der Waals surface area contributed by atoms with E-state index in [0.717, 1.165) is 40.5 Å². The molecule has 1 N–H and O–H groups in total. The first-order chi connectivity index (χ1) is 14.1. The van der Waals surface area contributed by atoms with Gasteiger partial charge >= 0.3 is 0 Å². The maximum atomic E-state index is 10.7. The number of hydrogen-bond acceptors (Lipinski definition) is 5. The molecule has 1 unspecified atom stereocenters. The molecule has 1 aliphatic carbocycles. The van der Waals surface area contributed by atoms with Gasteiger partial charge in [0, 0.05) is 25.4 Å². The van der Waals surface area contributed by atoms with E-state index in [1.165, 1.54) is 12.8 Å². The highest BCUT2D eigenvalue weighted by molar-refractivity contribution is 5.82. The first-order valence-electron chi connectivity index (χ1n) is 10.1. The molecule has 0 radical (unpaired) electrons. The van der Waals surface area contributed by atoms with E-state index in [1.54, 1.807) is 0 Å². The maximum Gasteiger partial charge on any atom is 0.219 e. The Morgan fingerprint density at radius 3 is 2.59 bits per heavy atom. The van der Waals surface area contributed by atoms with Gasteiger partial charge in [-0.25, -0.2) is 4.98 Å². The fourth-order valence-electron chi connectivity index (χ4n) is 3.89. The number of aryl methyl sites for hydroxylation is 1. The van der Waals surface area contributed by atoms with Crippen molar-refractivity contribution in [1.29, 1.82) is 0 Å². The summed E-state index contributed by atoms with van der Waals surface area (Å²) in [6.45, 7) is 2.87. The third-order valence-electron chi connectivity index (χ3n) is 5.69. The molecule has 1 fully saturated rings. The van der Waals surface area contributed by atoms with Crippen LogP contribution in [0.3, 0.4) is 0 Å². The molecule has 2 aromatic carbocycles. The molecular formula is C24H25N3O2. The molecule has 5 heteroatoms. The molecular weight excluding hydrogens is 362 g/mol. The molecule has 1 atom stereocenters. The van der Waals surface area contributed by atoms with Gasteiger partial charge in [-0.1, -0.05) is 24.3 Å². The van der Waals surface area contributed by atoms with Crippen molar-refractivity contribution < 1.29 is 9.84 Å². The predicted molar refractivity (Wildman–Crippen MR) is 115 cm³/mol. The number of aliphatic hydroxyl groups is 1. The summed E-state index contributed by atoms with van der Waals surface area (Å²) >= 11 is 0. The topological polar surface area (TPSA) is 48.8 Å². The van der Waals surface area contributed by atoms with Crippen LogP contribution in [0.4, 0.5) is 11.4 Å². The lowest BCUT2D eigenvalue weighted by Crippen LogP contribution is -2.42. The number of hydrogen-bond donors (Lipinski definition) is 1. The van der Waals surface area contributed by atoms with Crippen LogP contribution in [0.1, 0.15) is 18.5 Å². The van der Waals surface area contributed by atoms with Gasteiger partial charge in [-0.15, -0.1) is 0 Å². The Morgan fingerprint density at radius 1 is 1.00 bits per heavy atom. The van der Waals surface area contributed by atoms with E-state index in [2.05, 4.69) is 34.1 Å². The molecule has 2 aliphatic rings. The summed E-state index contributed by atoms with van der Waals surface area (Å²) in [5, 5.41) is 10.7. The molecule has 2 heterocycles. The van der Waals surface area contributed by atoms with Gasteiger partial charge in [-0.2, -0.15) is 0 Å². The van der Waals surface area contributed by atoms with Crippen LogP contribution in [0.2, 0.25) is 0 Å². The van der Waals surface area contributed by atoms with Gasteiger partial charge in [0.15, 0.2) is 0 Å². The van der Waals surface area contributed by atoms with Crippen LogP contribution < -0.4 is 14.5 Å². The average Bonchev–Trinajstić information content (AvgIpc) is 3.51. The van der Waals surface area contributed by atoms with Crippen molar-refractivity contribution in [1.82, 2.24) is 4.98 Å². The number of pyridine rings is 1. The van der Waals surface area contributed by atoms with Crippen LogP contribution in [0.15, 0.2) is 60.7 Å². The van der Waals surface area contributed by atoms with E-state index >= 15 is 0 Å². The Hall–Kier alpha value is -3.05. The van der Waals surface area contributed by atoms with E-state index < -0.39 is 6.35 Å². The molecule has 0 amide bonds. The molecule has 3 aromatic rings. The molecule has 5 nitrogen and oxygen atoms in total. The van der Waals surface area contributed by atoms with Gasteiger partial charge in [-0.05, 0) is 67.1 Å². The first kappa shape index (κ1) is 18.0. The number of aliphatic hydroxyl groups excluding tert-OH is 1. The Kier molecular flexibility index (Phi) is 4.40. The van der Waals surface area contributed by atoms with Crippen molar-refractivity contribution in [2.45, 2.75) is 26.1 Å². The van der Waals surface area contributed by atoms with Crippen molar-refractivity contribution >= 4 is 11.4 Å². The van der Waals surface area contributed by atoms with Gasteiger partial charge < -0.3 is 19.6 Å². The van der Waals surface area contributed by atoms with Crippen molar-refractivity contribution in [3.63, 3.8) is 0 Å². The van der Waals surface area contributed by atoms with Gasteiger partial charge in [0.2, 0.25) is 12.2 Å². The smallest absolute Gasteiger partial charge is 0.219 e. The molecule has 29 heavy (non-hydrogen) atoms. The molecule has 148 valence electrons. The van der Waals surface area contributed by atoms with Gasteiger partial charge in [0.25, 0.3) is 0 Å². The van der Waals surface area contributed by atoms with Crippen molar-refractivity contribution in [3.8, 4) is 22.8 Å². The SMILES string of the molecule is Cc1cccc(Oc2cccc(-c3ccc4c(c3)N(C)C(O)N4CC3CC3)c2)n1. The van der Waals surface area contributed by atoms with Gasteiger partial charge in [0.1, 0.15) is 5.75 Å². The summed E-state index contributed by atoms with van der Waals surface area (Å²) in [4.78, 5) is 8.46. The summed E-state index contributed by atoms with van der Waals surface area (Å²) in [5.74, 6) is 2.06. The lowest BCUT2D eigenvalue weighted by atomic mass is 10.0. The molecule has 1 saturated carbocycles. The second kappa shape index (κ2) is 7.08. The zero-order chi connectivity index (χ0) is 20.0. The summed E-state index contributed by atoms with van der Waals surface area (Å²) in [6, 6.07) is 20.2. The number of aromatic nitrogens is 1. The Labute approximate surface area is 171 Å². The normalized spacial score (nSPS) is 18.1. The lowest BCUT2D eigenvalue weighted by Gasteiger charge is -2.25.